The van der Waals surface area contributed by atoms with Crippen molar-refractivity contribution >= 4 is 23.1 Å². The average molecular weight is 244 g/mol. The van der Waals surface area contributed by atoms with Crippen molar-refractivity contribution in [1.82, 2.24) is 9.88 Å². The Bertz CT molecular complexity index is 297. The SMILES string of the molecule is CCSc1ncc(CN2CCOCC2)s1. The molecule has 0 spiro atoms. The molecule has 0 saturated carbocycles. The van der Waals surface area contributed by atoms with Gasteiger partial charge in [-0.15, -0.1) is 11.3 Å². The summed E-state index contributed by atoms with van der Waals surface area (Å²) in [5.41, 5.74) is 0. The Hall–Kier alpha value is -0.100. The number of nitrogens with zero attached hydrogens (tertiary/aromatic N) is 2. The highest BCUT2D eigenvalue weighted by Crippen LogP contribution is 2.24. The Labute approximate surface area is 98.8 Å². The molecule has 0 unspecified atom stereocenters. The number of ether oxygens (including phenoxy) is 1. The van der Waals surface area contributed by atoms with Gasteiger partial charge in [0.25, 0.3) is 0 Å². The fourth-order valence-electron chi connectivity index (χ4n) is 1.53. The van der Waals surface area contributed by atoms with Gasteiger partial charge in [0.15, 0.2) is 0 Å². The monoisotopic (exact) mass is 244 g/mol. The first-order valence-electron chi connectivity index (χ1n) is 5.26. The van der Waals surface area contributed by atoms with E-state index in [0.717, 1.165) is 38.6 Å². The molecule has 1 aromatic rings. The molecule has 1 fully saturated rings. The maximum atomic E-state index is 5.32. The maximum absolute atomic E-state index is 5.32. The number of thiazole rings is 1. The van der Waals surface area contributed by atoms with Crippen molar-refractivity contribution in [1.29, 1.82) is 0 Å². The van der Waals surface area contributed by atoms with Crippen LogP contribution in [0.15, 0.2) is 10.5 Å². The summed E-state index contributed by atoms with van der Waals surface area (Å²) >= 11 is 3.64. The molecule has 0 amide bonds. The molecular formula is C10H16N2OS2. The Morgan fingerprint density at radius 2 is 2.33 bits per heavy atom. The van der Waals surface area contributed by atoms with Gasteiger partial charge in [0.05, 0.1) is 13.2 Å². The number of thioether (sulfide) groups is 1. The van der Waals surface area contributed by atoms with Crippen LogP contribution in [0, 0.1) is 0 Å². The van der Waals surface area contributed by atoms with Crippen LogP contribution in [0.1, 0.15) is 11.8 Å². The summed E-state index contributed by atoms with van der Waals surface area (Å²) in [7, 11) is 0. The number of hydrogen-bond donors (Lipinski definition) is 0. The van der Waals surface area contributed by atoms with Crippen LogP contribution in [-0.4, -0.2) is 41.9 Å². The van der Waals surface area contributed by atoms with Gasteiger partial charge >= 0.3 is 0 Å². The molecule has 0 aliphatic carbocycles. The van der Waals surface area contributed by atoms with Gasteiger partial charge in [-0.1, -0.05) is 18.7 Å². The lowest BCUT2D eigenvalue weighted by atomic mass is 10.4. The third kappa shape index (κ3) is 3.45. The highest BCUT2D eigenvalue weighted by molar-refractivity contribution is 8.00. The fourth-order valence-corrected chi connectivity index (χ4v) is 3.50. The van der Waals surface area contributed by atoms with Gasteiger partial charge < -0.3 is 4.74 Å². The highest BCUT2D eigenvalue weighted by atomic mass is 32.2. The van der Waals surface area contributed by atoms with Crippen molar-refractivity contribution in [3.63, 3.8) is 0 Å². The van der Waals surface area contributed by atoms with Gasteiger partial charge in [-0.2, -0.15) is 0 Å². The summed E-state index contributed by atoms with van der Waals surface area (Å²) in [5.74, 6) is 1.10. The van der Waals surface area contributed by atoms with Crippen molar-refractivity contribution in [3.05, 3.63) is 11.1 Å². The second-order valence-electron chi connectivity index (χ2n) is 3.41. The summed E-state index contributed by atoms with van der Waals surface area (Å²) in [6.45, 7) is 7.03. The Balaban J connectivity index is 1.86. The van der Waals surface area contributed by atoms with E-state index < -0.39 is 0 Å². The van der Waals surface area contributed by atoms with Crippen LogP contribution in [0.5, 0.6) is 0 Å². The van der Waals surface area contributed by atoms with E-state index in [2.05, 4.69) is 16.8 Å². The van der Waals surface area contributed by atoms with E-state index in [1.165, 1.54) is 9.22 Å². The number of aromatic nitrogens is 1. The van der Waals surface area contributed by atoms with E-state index in [1.54, 1.807) is 0 Å². The molecule has 1 aliphatic heterocycles. The molecule has 1 aliphatic rings. The van der Waals surface area contributed by atoms with Crippen LogP contribution in [0.2, 0.25) is 0 Å². The predicted molar refractivity (Wildman–Crippen MR) is 64.6 cm³/mol. The molecule has 84 valence electrons. The highest BCUT2D eigenvalue weighted by Gasteiger charge is 2.12. The standard InChI is InChI=1S/C10H16N2OS2/c1-2-14-10-11-7-9(15-10)8-12-3-5-13-6-4-12/h7H,2-6,8H2,1H3. The zero-order valence-corrected chi connectivity index (χ0v) is 10.6. The smallest absolute Gasteiger partial charge is 0.150 e. The lowest BCUT2D eigenvalue weighted by molar-refractivity contribution is 0.0346. The second kappa shape index (κ2) is 5.84. The predicted octanol–water partition coefficient (Wildman–Crippen LogP) is 2.09. The molecule has 2 rings (SSSR count). The zero-order valence-electron chi connectivity index (χ0n) is 8.94. The summed E-state index contributed by atoms with van der Waals surface area (Å²) in [6.07, 6.45) is 2.01. The number of rotatable bonds is 4. The molecule has 2 heterocycles. The van der Waals surface area contributed by atoms with Crippen LogP contribution in [0.3, 0.4) is 0 Å². The van der Waals surface area contributed by atoms with Gasteiger partial charge in [-0.05, 0) is 5.75 Å². The minimum atomic E-state index is 0.870. The molecule has 0 bridgehead atoms. The summed E-state index contributed by atoms with van der Waals surface area (Å²) < 4.78 is 6.52. The first-order chi connectivity index (χ1) is 7.38. The molecular weight excluding hydrogens is 228 g/mol. The fraction of sp³-hybridized carbons (Fsp3) is 0.700. The van der Waals surface area contributed by atoms with E-state index in [1.807, 2.05) is 29.3 Å². The van der Waals surface area contributed by atoms with Crippen LogP contribution in [-0.2, 0) is 11.3 Å². The van der Waals surface area contributed by atoms with Gasteiger partial charge in [0, 0.05) is 30.7 Å². The molecule has 5 heteroatoms. The maximum Gasteiger partial charge on any atom is 0.150 e. The van der Waals surface area contributed by atoms with Gasteiger partial charge in [-0.3, -0.25) is 4.90 Å². The largest absolute Gasteiger partial charge is 0.379 e. The van der Waals surface area contributed by atoms with Gasteiger partial charge in [-0.25, -0.2) is 4.98 Å². The minimum Gasteiger partial charge on any atom is -0.379 e. The van der Waals surface area contributed by atoms with Gasteiger partial charge in [0.1, 0.15) is 4.34 Å². The van der Waals surface area contributed by atoms with Crippen molar-refractivity contribution < 1.29 is 4.74 Å². The molecule has 0 radical (unpaired) electrons. The molecule has 15 heavy (non-hydrogen) atoms. The van der Waals surface area contributed by atoms with Crippen molar-refractivity contribution in [2.24, 2.45) is 0 Å². The lowest BCUT2D eigenvalue weighted by Gasteiger charge is -2.25. The molecule has 1 saturated heterocycles. The van der Waals surface area contributed by atoms with Crippen molar-refractivity contribution in [2.75, 3.05) is 32.1 Å². The zero-order chi connectivity index (χ0) is 10.5. The molecule has 0 N–H and O–H groups in total. The molecule has 1 aromatic heterocycles. The van der Waals surface area contributed by atoms with E-state index in [0.29, 0.717) is 0 Å². The van der Waals surface area contributed by atoms with Crippen molar-refractivity contribution in [3.8, 4) is 0 Å². The molecule has 3 nitrogen and oxygen atoms in total. The quantitative estimate of drug-likeness (QED) is 0.757. The lowest BCUT2D eigenvalue weighted by Crippen LogP contribution is -2.35. The van der Waals surface area contributed by atoms with Crippen LogP contribution < -0.4 is 0 Å². The Morgan fingerprint density at radius 1 is 1.53 bits per heavy atom. The third-order valence-corrected chi connectivity index (χ3v) is 4.30. The van der Waals surface area contributed by atoms with E-state index in [4.69, 9.17) is 4.74 Å². The Morgan fingerprint density at radius 3 is 3.07 bits per heavy atom. The van der Waals surface area contributed by atoms with Gasteiger partial charge in [0.2, 0.25) is 0 Å². The van der Waals surface area contributed by atoms with Crippen molar-refractivity contribution in [2.45, 2.75) is 17.8 Å². The Kier molecular flexibility index (Phi) is 4.43. The second-order valence-corrected chi connectivity index (χ2v) is 6.04. The minimum absolute atomic E-state index is 0.870. The third-order valence-electron chi connectivity index (χ3n) is 2.28. The van der Waals surface area contributed by atoms with E-state index >= 15 is 0 Å². The average Bonchev–Trinajstić information content (AvgIpc) is 2.68. The summed E-state index contributed by atoms with van der Waals surface area (Å²) in [4.78, 5) is 8.19. The molecule has 0 atom stereocenters. The summed E-state index contributed by atoms with van der Waals surface area (Å²) in [6, 6.07) is 0. The van der Waals surface area contributed by atoms with Crippen LogP contribution >= 0.6 is 23.1 Å². The summed E-state index contributed by atoms with van der Waals surface area (Å²) in [5, 5.41) is 0. The topological polar surface area (TPSA) is 25.4 Å². The first kappa shape index (κ1) is 11.4. The first-order valence-corrected chi connectivity index (χ1v) is 7.06. The number of hydrogen-bond acceptors (Lipinski definition) is 5. The van der Waals surface area contributed by atoms with E-state index in [-0.39, 0.29) is 0 Å². The number of morpholine rings is 1. The molecule has 0 aromatic carbocycles. The normalized spacial score (nSPS) is 18.2. The van der Waals surface area contributed by atoms with E-state index in [9.17, 15) is 0 Å². The van der Waals surface area contributed by atoms with Crippen LogP contribution in [0.25, 0.3) is 0 Å². The van der Waals surface area contributed by atoms with Crippen LogP contribution in [0.4, 0.5) is 0 Å².